The van der Waals surface area contributed by atoms with Crippen LogP contribution in [0.5, 0.6) is 0 Å². The maximum absolute atomic E-state index is 9.26. The van der Waals surface area contributed by atoms with E-state index in [-0.39, 0.29) is 17.6 Å². The molecule has 0 amide bonds. The van der Waals surface area contributed by atoms with E-state index >= 15 is 0 Å². The molecule has 0 aliphatic rings. The van der Waals surface area contributed by atoms with Crippen LogP contribution in [0.15, 0.2) is 20.4 Å². The van der Waals surface area contributed by atoms with Crippen molar-refractivity contribution in [3.8, 4) is 0 Å². The molecule has 0 radical (unpaired) electrons. The molecule has 0 aliphatic carbocycles. The highest BCUT2D eigenvalue weighted by molar-refractivity contribution is 7.79. The minimum atomic E-state index is -4.67. The molecule has 0 bridgehead atoms. The summed E-state index contributed by atoms with van der Waals surface area (Å²) >= 11 is 0. The number of guanidine groups is 2. The molecule has 0 saturated carbocycles. The third-order valence-corrected chi connectivity index (χ3v) is 1.16. The lowest BCUT2D eigenvalue weighted by molar-refractivity contribution is 0.146. The van der Waals surface area contributed by atoms with Crippen molar-refractivity contribution in [2.45, 2.75) is 6.10 Å². The molecule has 1 atom stereocenters. The van der Waals surface area contributed by atoms with Crippen molar-refractivity contribution in [3.05, 3.63) is 0 Å². The van der Waals surface area contributed by atoms with E-state index in [1.807, 2.05) is 0 Å². The second-order valence-electron chi connectivity index (χ2n) is 2.97. The molecule has 0 fully saturated rings. The zero-order chi connectivity index (χ0) is 17.1. The monoisotopic (exact) mass is 328 g/mol. The standard InChI is InChI=1S/C6H14N8O2.H2O4S/c7-5(8)13-11-1-3(4(16)2-15)12-14-6(9)10;1-5(2,3)4/h1,4,15-16H,2H2,(H4,7,8,13)(H4,9,10,14);(H2,1,2,3,4)/b11-1+,12-3?;. The molecule has 1 unspecified atom stereocenters. The van der Waals surface area contributed by atoms with E-state index in [2.05, 4.69) is 20.4 Å². The first-order chi connectivity index (χ1) is 9.47. The highest BCUT2D eigenvalue weighted by atomic mass is 32.3. The van der Waals surface area contributed by atoms with E-state index in [4.69, 9.17) is 45.6 Å². The molecule has 0 rings (SSSR count). The van der Waals surface area contributed by atoms with Crippen LogP contribution in [-0.2, 0) is 10.4 Å². The molecule has 0 aromatic carbocycles. The van der Waals surface area contributed by atoms with Crippen molar-refractivity contribution in [3.63, 3.8) is 0 Å². The quantitative estimate of drug-likeness (QED) is 0.104. The molecule has 0 heterocycles. The van der Waals surface area contributed by atoms with Gasteiger partial charge in [-0.15, -0.1) is 15.3 Å². The molecule has 15 heteroatoms. The van der Waals surface area contributed by atoms with Crippen LogP contribution in [0.3, 0.4) is 0 Å². The Morgan fingerprint density at radius 2 is 1.48 bits per heavy atom. The van der Waals surface area contributed by atoms with Gasteiger partial charge in [0.15, 0.2) is 0 Å². The van der Waals surface area contributed by atoms with E-state index in [1.54, 1.807) is 0 Å². The summed E-state index contributed by atoms with van der Waals surface area (Å²) in [5.41, 5.74) is 20.0. The Labute approximate surface area is 119 Å². The number of hydrogen-bond donors (Lipinski definition) is 8. The van der Waals surface area contributed by atoms with Gasteiger partial charge in [0.2, 0.25) is 11.9 Å². The minimum absolute atomic E-state index is 0.0964. The second kappa shape index (κ2) is 10.5. The van der Waals surface area contributed by atoms with Crippen molar-refractivity contribution < 1.29 is 27.7 Å². The highest BCUT2D eigenvalue weighted by Crippen LogP contribution is 1.88. The molecule has 21 heavy (non-hydrogen) atoms. The summed E-state index contributed by atoms with van der Waals surface area (Å²) in [5, 5.41) is 31.3. The summed E-state index contributed by atoms with van der Waals surface area (Å²) in [6, 6.07) is 0. The minimum Gasteiger partial charge on any atom is -0.393 e. The summed E-state index contributed by atoms with van der Waals surface area (Å²) in [4.78, 5) is 0. The predicted molar refractivity (Wildman–Crippen MR) is 74.8 cm³/mol. The van der Waals surface area contributed by atoms with E-state index in [9.17, 15) is 5.11 Å². The average molecular weight is 328 g/mol. The van der Waals surface area contributed by atoms with Crippen LogP contribution in [0, 0.1) is 0 Å². The SMILES string of the molecule is NC(N)=NN=C(/C=N/N=C(N)N)C(O)CO.O=S(=O)(O)O. The topological polar surface area (TPSA) is 269 Å². The predicted octanol–water partition coefficient (Wildman–Crippen LogP) is -4.42. The van der Waals surface area contributed by atoms with Crippen LogP contribution < -0.4 is 22.9 Å². The van der Waals surface area contributed by atoms with Gasteiger partial charge in [0, 0.05) is 0 Å². The molecule has 122 valence electrons. The normalized spacial score (nSPS) is 13.0. The van der Waals surface area contributed by atoms with Crippen LogP contribution in [0.4, 0.5) is 0 Å². The lowest BCUT2D eigenvalue weighted by Crippen LogP contribution is -2.27. The maximum atomic E-state index is 9.26. The Bertz CT molecular complexity index is 509. The summed E-state index contributed by atoms with van der Waals surface area (Å²) in [5.74, 6) is -0.575. The first-order valence-corrected chi connectivity index (χ1v) is 6.14. The van der Waals surface area contributed by atoms with Crippen molar-refractivity contribution in [1.82, 2.24) is 0 Å². The van der Waals surface area contributed by atoms with Crippen molar-refractivity contribution in [1.29, 1.82) is 0 Å². The summed E-state index contributed by atoms with van der Waals surface area (Å²) in [6.45, 7) is -0.577. The van der Waals surface area contributed by atoms with Gasteiger partial charge in [-0.05, 0) is 0 Å². The van der Waals surface area contributed by atoms with Crippen LogP contribution in [0.25, 0.3) is 0 Å². The highest BCUT2D eigenvalue weighted by Gasteiger charge is 2.09. The van der Waals surface area contributed by atoms with Gasteiger partial charge in [0.25, 0.3) is 0 Å². The van der Waals surface area contributed by atoms with E-state index in [0.717, 1.165) is 6.21 Å². The van der Waals surface area contributed by atoms with Gasteiger partial charge in [0.05, 0.1) is 12.8 Å². The summed E-state index contributed by atoms with van der Waals surface area (Å²) < 4.78 is 31.6. The van der Waals surface area contributed by atoms with Crippen LogP contribution >= 0.6 is 0 Å². The largest absolute Gasteiger partial charge is 0.394 e. The molecule has 14 nitrogen and oxygen atoms in total. The average Bonchev–Trinajstić information content (AvgIpc) is 2.29. The first-order valence-electron chi connectivity index (χ1n) is 4.74. The van der Waals surface area contributed by atoms with E-state index in [1.165, 1.54) is 0 Å². The Kier molecular flexibility index (Phi) is 10.4. The lowest BCUT2D eigenvalue weighted by atomic mass is 10.2. The van der Waals surface area contributed by atoms with Gasteiger partial charge in [-0.1, -0.05) is 0 Å². The number of nitrogens with two attached hydrogens (primary N) is 4. The van der Waals surface area contributed by atoms with Gasteiger partial charge in [-0.2, -0.15) is 13.5 Å². The fraction of sp³-hybridized carbons (Fsp3) is 0.333. The molecular weight excluding hydrogens is 312 g/mol. The lowest BCUT2D eigenvalue weighted by Gasteiger charge is -2.03. The van der Waals surface area contributed by atoms with Crippen LogP contribution in [0.1, 0.15) is 0 Å². The molecule has 0 aromatic heterocycles. The fourth-order valence-electron chi connectivity index (χ4n) is 0.542. The fourth-order valence-corrected chi connectivity index (χ4v) is 0.542. The molecular formula is C6H16N8O6S. The maximum Gasteiger partial charge on any atom is 0.394 e. The Hall–Kier alpha value is -2.33. The summed E-state index contributed by atoms with van der Waals surface area (Å²) in [7, 11) is -4.67. The number of rotatable bonds is 5. The molecule has 0 saturated heterocycles. The van der Waals surface area contributed by atoms with Crippen molar-refractivity contribution in [2.75, 3.05) is 6.61 Å². The smallest absolute Gasteiger partial charge is 0.393 e. The Morgan fingerprint density at radius 1 is 1.05 bits per heavy atom. The Morgan fingerprint density at radius 3 is 1.81 bits per heavy atom. The van der Waals surface area contributed by atoms with Gasteiger partial charge >= 0.3 is 10.4 Å². The zero-order valence-electron chi connectivity index (χ0n) is 10.5. The van der Waals surface area contributed by atoms with Gasteiger partial charge < -0.3 is 33.1 Å². The van der Waals surface area contributed by atoms with Gasteiger partial charge in [-0.3, -0.25) is 9.11 Å². The molecule has 0 spiro atoms. The van der Waals surface area contributed by atoms with Gasteiger partial charge in [-0.25, -0.2) is 0 Å². The van der Waals surface area contributed by atoms with Crippen LogP contribution in [0.2, 0.25) is 0 Å². The number of hydrogen-bond acceptors (Lipinski definition) is 8. The van der Waals surface area contributed by atoms with E-state index < -0.39 is 23.1 Å². The van der Waals surface area contributed by atoms with E-state index in [0.29, 0.717) is 0 Å². The Balaban J connectivity index is 0. The number of aliphatic hydroxyl groups excluding tert-OH is 2. The molecule has 0 aromatic rings. The number of aliphatic hydroxyl groups is 2. The molecule has 12 N–H and O–H groups in total. The first kappa shape index (κ1) is 21.0. The van der Waals surface area contributed by atoms with Gasteiger partial charge in [0.1, 0.15) is 11.8 Å². The third kappa shape index (κ3) is 20.2. The van der Waals surface area contributed by atoms with Crippen molar-refractivity contribution >= 4 is 34.2 Å². The molecule has 0 aliphatic heterocycles. The van der Waals surface area contributed by atoms with Crippen molar-refractivity contribution in [2.24, 2.45) is 43.3 Å². The third-order valence-electron chi connectivity index (χ3n) is 1.16. The van der Waals surface area contributed by atoms with Crippen LogP contribution in [-0.4, -0.2) is 64.3 Å². The second-order valence-corrected chi connectivity index (χ2v) is 3.86. The summed E-state index contributed by atoms with van der Waals surface area (Å²) in [6.07, 6.45) is -0.284. The zero-order valence-corrected chi connectivity index (χ0v) is 11.3. The number of nitrogens with zero attached hydrogens (tertiary/aromatic N) is 4.